The Bertz CT molecular complexity index is 575. The van der Waals surface area contributed by atoms with Gasteiger partial charge in [0.2, 0.25) is 0 Å². The highest BCUT2D eigenvalue weighted by Gasteiger charge is 2.23. The molecule has 2 aromatic heterocycles. The molecule has 1 fully saturated rings. The molecule has 2 heterocycles. The first-order chi connectivity index (χ1) is 10.3. The number of unbranched alkanes of at least 4 members (excludes halogenated alkanes) is 2. The summed E-state index contributed by atoms with van der Waals surface area (Å²) in [5.74, 6) is 1.10. The highest BCUT2D eigenvalue weighted by molar-refractivity contribution is 7.15. The van der Waals surface area contributed by atoms with E-state index in [0.29, 0.717) is 12.6 Å². The average molecular weight is 308 g/mol. The first-order valence-corrected chi connectivity index (χ1v) is 8.67. The number of thiazole rings is 1. The van der Waals surface area contributed by atoms with Gasteiger partial charge in [0.25, 0.3) is 0 Å². The highest BCUT2D eigenvalue weighted by atomic mass is 32.1. The second-order valence-corrected chi connectivity index (χ2v) is 6.67. The summed E-state index contributed by atoms with van der Waals surface area (Å²) < 4.78 is 2.21. The number of anilines is 1. The Morgan fingerprint density at radius 1 is 1.43 bits per heavy atom. The molecule has 6 heteroatoms. The minimum atomic E-state index is 0.292. The van der Waals surface area contributed by atoms with Crippen molar-refractivity contribution in [3.63, 3.8) is 0 Å². The molecule has 0 aromatic carbocycles. The van der Waals surface area contributed by atoms with E-state index in [9.17, 15) is 0 Å². The van der Waals surface area contributed by atoms with Gasteiger partial charge in [0.1, 0.15) is 0 Å². The van der Waals surface area contributed by atoms with E-state index in [1.54, 1.807) is 11.3 Å². The summed E-state index contributed by atoms with van der Waals surface area (Å²) in [6, 6.07) is 0.705. The zero-order valence-electron chi connectivity index (χ0n) is 12.6. The molecule has 0 bridgehead atoms. The van der Waals surface area contributed by atoms with E-state index in [0.717, 1.165) is 43.1 Å². The lowest BCUT2D eigenvalue weighted by atomic mass is 10.2. The summed E-state index contributed by atoms with van der Waals surface area (Å²) in [6.45, 7) is 2.17. The summed E-state index contributed by atoms with van der Waals surface area (Å²) in [4.78, 5) is 8.11. The Hall–Kier alpha value is -1.11. The zero-order chi connectivity index (χ0) is 14.7. The lowest BCUT2D eigenvalue weighted by Gasteiger charge is -2.18. The molecule has 0 radical (unpaired) electrons. The number of imidazole rings is 1. The fraction of sp³-hybridized carbons (Fsp3) is 0.667. The first-order valence-electron chi connectivity index (χ1n) is 7.79. The van der Waals surface area contributed by atoms with E-state index in [2.05, 4.69) is 33.2 Å². The minimum absolute atomic E-state index is 0.292. The Labute approximate surface area is 129 Å². The van der Waals surface area contributed by atoms with Crippen molar-refractivity contribution in [3.05, 3.63) is 17.3 Å². The van der Waals surface area contributed by atoms with Crippen LogP contribution in [0.15, 0.2) is 11.6 Å². The summed E-state index contributed by atoms with van der Waals surface area (Å²) in [5, 5.41) is 14.5. The van der Waals surface area contributed by atoms with Crippen molar-refractivity contribution in [2.24, 2.45) is 0 Å². The molecular weight excluding hydrogens is 284 g/mol. The summed E-state index contributed by atoms with van der Waals surface area (Å²) >= 11 is 1.69. The fourth-order valence-electron chi connectivity index (χ4n) is 2.56. The van der Waals surface area contributed by atoms with Gasteiger partial charge >= 0.3 is 0 Å². The normalized spacial score (nSPS) is 15.0. The average Bonchev–Trinajstić information content (AvgIpc) is 3.08. The Morgan fingerprint density at radius 3 is 3.05 bits per heavy atom. The van der Waals surface area contributed by atoms with Crippen LogP contribution in [0.25, 0.3) is 4.96 Å². The molecule has 1 aliphatic carbocycles. The van der Waals surface area contributed by atoms with Crippen LogP contribution in [-0.4, -0.2) is 40.7 Å². The number of aliphatic hydroxyl groups excluding tert-OH is 1. The number of fused-ring (bicyclic) bond motifs is 1. The van der Waals surface area contributed by atoms with Crippen LogP contribution in [-0.2, 0) is 6.54 Å². The Kier molecular flexibility index (Phi) is 4.77. The zero-order valence-corrected chi connectivity index (χ0v) is 13.4. The maximum absolute atomic E-state index is 8.85. The van der Waals surface area contributed by atoms with Gasteiger partial charge in [-0.05, 0) is 32.1 Å². The third kappa shape index (κ3) is 3.56. The molecule has 1 saturated carbocycles. The maximum atomic E-state index is 8.85. The molecule has 5 nitrogen and oxygen atoms in total. The summed E-state index contributed by atoms with van der Waals surface area (Å²) in [7, 11) is 2.12. The number of aliphatic hydroxyl groups is 1. The number of aromatic nitrogens is 2. The molecule has 0 unspecified atom stereocenters. The van der Waals surface area contributed by atoms with Crippen molar-refractivity contribution in [1.82, 2.24) is 14.7 Å². The van der Waals surface area contributed by atoms with Gasteiger partial charge in [-0.25, -0.2) is 4.98 Å². The van der Waals surface area contributed by atoms with Gasteiger partial charge in [-0.3, -0.25) is 4.40 Å². The molecule has 0 spiro atoms. The van der Waals surface area contributed by atoms with Gasteiger partial charge in [-0.15, -0.1) is 11.3 Å². The number of hydrogen-bond acceptors (Lipinski definition) is 5. The summed E-state index contributed by atoms with van der Waals surface area (Å²) in [5.41, 5.74) is 1.27. The van der Waals surface area contributed by atoms with Crippen LogP contribution in [0.2, 0.25) is 0 Å². The molecule has 3 rings (SSSR count). The monoisotopic (exact) mass is 308 g/mol. The molecule has 2 aromatic rings. The second kappa shape index (κ2) is 6.77. The van der Waals surface area contributed by atoms with Crippen molar-refractivity contribution < 1.29 is 5.11 Å². The van der Waals surface area contributed by atoms with Crippen molar-refractivity contribution in [1.29, 1.82) is 0 Å². The van der Waals surface area contributed by atoms with Gasteiger partial charge < -0.3 is 15.3 Å². The molecule has 21 heavy (non-hydrogen) atoms. The Morgan fingerprint density at radius 2 is 2.29 bits per heavy atom. The van der Waals surface area contributed by atoms with Crippen LogP contribution in [0.5, 0.6) is 0 Å². The molecule has 0 aliphatic heterocycles. The third-order valence-corrected chi connectivity index (χ3v) is 4.75. The smallest absolute Gasteiger partial charge is 0.195 e. The summed E-state index contributed by atoms with van der Waals surface area (Å²) in [6.07, 6.45) is 7.77. The number of nitrogens with zero attached hydrogens (tertiary/aromatic N) is 3. The van der Waals surface area contributed by atoms with Crippen LogP contribution in [0.1, 0.15) is 37.8 Å². The Balaban J connectivity index is 1.69. The predicted octanol–water partition coefficient (Wildman–Crippen LogP) is 2.25. The molecule has 1 aliphatic rings. The first kappa shape index (κ1) is 14.8. The highest BCUT2D eigenvalue weighted by Crippen LogP contribution is 2.26. The van der Waals surface area contributed by atoms with Crippen LogP contribution in [0, 0.1) is 0 Å². The predicted molar refractivity (Wildman–Crippen MR) is 87.1 cm³/mol. The maximum Gasteiger partial charge on any atom is 0.195 e. The van der Waals surface area contributed by atoms with Gasteiger partial charge in [0, 0.05) is 44.4 Å². The van der Waals surface area contributed by atoms with E-state index >= 15 is 0 Å². The molecule has 0 amide bonds. The van der Waals surface area contributed by atoms with Gasteiger partial charge in [-0.2, -0.15) is 0 Å². The standard InChI is InChI=1S/C15H24N4OS/c1-18(7-3-2-4-9-20)14-13(11-16-12-5-6-12)19-8-10-21-15(19)17-14/h8,10,12,16,20H,2-7,9,11H2,1H3. The van der Waals surface area contributed by atoms with Crippen molar-refractivity contribution in [2.45, 2.75) is 44.7 Å². The molecule has 2 N–H and O–H groups in total. The van der Waals surface area contributed by atoms with E-state index in [-0.39, 0.29) is 0 Å². The van der Waals surface area contributed by atoms with Gasteiger partial charge in [0.15, 0.2) is 10.8 Å². The number of hydrogen-bond donors (Lipinski definition) is 2. The van der Waals surface area contributed by atoms with E-state index in [1.807, 2.05) is 0 Å². The molecule has 0 atom stereocenters. The molecular formula is C15H24N4OS. The topological polar surface area (TPSA) is 52.8 Å². The van der Waals surface area contributed by atoms with Crippen LogP contribution in [0.3, 0.4) is 0 Å². The quantitative estimate of drug-likeness (QED) is 0.698. The van der Waals surface area contributed by atoms with Crippen molar-refractivity contribution in [2.75, 3.05) is 25.1 Å². The lowest BCUT2D eigenvalue weighted by Crippen LogP contribution is -2.23. The number of nitrogens with one attached hydrogen (secondary N) is 1. The fourth-order valence-corrected chi connectivity index (χ4v) is 3.29. The third-order valence-electron chi connectivity index (χ3n) is 3.99. The van der Waals surface area contributed by atoms with Crippen LogP contribution in [0.4, 0.5) is 5.82 Å². The van der Waals surface area contributed by atoms with Crippen molar-refractivity contribution >= 4 is 22.1 Å². The largest absolute Gasteiger partial charge is 0.396 e. The lowest BCUT2D eigenvalue weighted by molar-refractivity contribution is 0.283. The SMILES string of the molecule is CN(CCCCCO)c1nc2sccn2c1CNC1CC1. The van der Waals surface area contributed by atoms with Crippen molar-refractivity contribution in [3.8, 4) is 0 Å². The van der Waals surface area contributed by atoms with Crippen LogP contribution >= 0.6 is 11.3 Å². The molecule has 116 valence electrons. The second-order valence-electron chi connectivity index (χ2n) is 5.80. The minimum Gasteiger partial charge on any atom is -0.396 e. The van der Waals surface area contributed by atoms with Gasteiger partial charge in [-0.1, -0.05) is 0 Å². The van der Waals surface area contributed by atoms with E-state index in [4.69, 9.17) is 10.1 Å². The number of rotatable bonds is 9. The molecule has 0 saturated heterocycles. The van der Waals surface area contributed by atoms with Gasteiger partial charge in [0.05, 0.1) is 5.69 Å². The van der Waals surface area contributed by atoms with E-state index < -0.39 is 0 Å². The van der Waals surface area contributed by atoms with E-state index in [1.165, 1.54) is 18.5 Å². The van der Waals surface area contributed by atoms with Crippen LogP contribution < -0.4 is 10.2 Å².